The largest absolute Gasteiger partial charge is 0.352 e. The average molecular weight is 514 g/mol. The summed E-state index contributed by atoms with van der Waals surface area (Å²) in [7, 11) is -3.79. The second kappa shape index (κ2) is 11.7. The Bertz CT molecular complexity index is 1080. The number of sulfonamides is 1. The molecular formula is C23H29Cl2N3O4S. The predicted molar refractivity (Wildman–Crippen MR) is 133 cm³/mol. The zero-order valence-corrected chi connectivity index (χ0v) is 21.4. The van der Waals surface area contributed by atoms with E-state index in [1.165, 1.54) is 17.0 Å². The molecule has 0 spiro atoms. The topological polar surface area (TPSA) is 86.8 Å². The van der Waals surface area contributed by atoms with Crippen LogP contribution in [-0.2, 0) is 26.2 Å². The molecule has 0 heterocycles. The molecule has 33 heavy (non-hydrogen) atoms. The number of carbonyl (C=O) groups excluding carboxylic acids is 2. The van der Waals surface area contributed by atoms with Crippen molar-refractivity contribution in [1.29, 1.82) is 0 Å². The molecule has 2 aromatic rings. The number of amides is 2. The lowest BCUT2D eigenvalue weighted by molar-refractivity contribution is -0.139. The molecule has 2 aromatic carbocycles. The first-order valence-electron chi connectivity index (χ1n) is 10.5. The van der Waals surface area contributed by atoms with Crippen molar-refractivity contribution in [3.8, 4) is 0 Å². The summed E-state index contributed by atoms with van der Waals surface area (Å²) >= 11 is 12.2. The molecule has 7 nitrogen and oxygen atoms in total. The molecule has 2 amide bonds. The first-order chi connectivity index (χ1) is 15.4. The number of anilines is 1. The van der Waals surface area contributed by atoms with Crippen LogP contribution >= 0.6 is 23.2 Å². The summed E-state index contributed by atoms with van der Waals surface area (Å²) in [6.45, 7) is 4.99. The molecule has 180 valence electrons. The van der Waals surface area contributed by atoms with Crippen LogP contribution in [0.15, 0.2) is 48.5 Å². The Morgan fingerprint density at radius 2 is 1.64 bits per heavy atom. The average Bonchev–Trinajstić information content (AvgIpc) is 2.76. The molecule has 10 heteroatoms. The third kappa shape index (κ3) is 7.62. The Kier molecular flexibility index (Phi) is 9.57. The van der Waals surface area contributed by atoms with Crippen LogP contribution in [0.2, 0.25) is 10.0 Å². The monoisotopic (exact) mass is 513 g/mol. The summed E-state index contributed by atoms with van der Waals surface area (Å²) in [4.78, 5) is 27.6. The molecule has 0 bridgehead atoms. The summed E-state index contributed by atoms with van der Waals surface area (Å²) in [5.74, 6) is -0.871. The van der Waals surface area contributed by atoms with E-state index in [0.717, 1.165) is 17.0 Å². The van der Waals surface area contributed by atoms with Crippen LogP contribution in [0.1, 0.15) is 32.8 Å². The summed E-state index contributed by atoms with van der Waals surface area (Å²) < 4.78 is 26.0. The Labute approximate surface area is 205 Å². The highest BCUT2D eigenvalue weighted by molar-refractivity contribution is 7.92. The van der Waals surface area contributed by atoms with Crippen molar-refractivity contribution in [3.63, 3.8) is 0 Å². The predicted octanol–water partition coefficient (Wildman–Crippen LogP) is 4.09. The van der Waals surface area contributed by atoms with Crippen LogP contribution in [0.4, 0.5) is 5.69 Å². The number of halogens is 2. The van der Waals surface area contributed by atoms with Gasteiger partial charge in [-0.3, -0.25) is 13.9 Å². The minimum Gasteiger partial charge on any atom is -0.352 e. The normalized spacial score (nSPS) is 13.2. The molecule has 0 aliphatic carbocycles. The highest BCUT2D eigenvalue weighted by Gasteiger charge is 2.30. The van der Waals surface area contributed by atoms with Gasteiger partial charge in [-0.05, 0) is 56.2 Å². The fraction of sp³-hybridized carbons (Fsp3) is 0.391. The molecule has 0 saturated heterocycles. The SMILES string of the molecule is CCC(C)NC(=O)C(C)N(Cc1ccccc1Cl)C(=O)CN(c1ccc(Cl)cc1)S(C)(=O)=O. The summed E-state index contributed by atoms with van der Waals surface area (Å²) in [5.41, 5.74) is 0.942. The number of nitrogens with zero attached hydrogens (tertiary/aromatic N) is 2. The standard InChI is InChI=1S/C23H29Cl2N3O4S/c1-5-16(2)26-23(30)17(3)27(14-18-8-6-7-9-21(18)25)22(29)15-28(33(4,31)32)20-12-10-19(24)11-13-20/h6-13,16-17H,5,14-15H2,1-4H3,(H,26,30). The van der Waals surface area contributed by atoms with Crippen molar-refractivity contribution < 1.29 is 18.0 Å². The van der Waals surface area contributed by atoms with E-state index < -0.39 is 28.5 Å². The van der Waals surface area contributed by atoms with Crippen LogP contribution in [0.5, 0.6) is 0 Å². The van der Waals surface area contributed by atoms with Crippen molar-refractivity contribution >= 4 is 50.7 Å². The number of nitrogens with one attached hydrogen (secondary N) is 1. The maximum atomic E-state index is 13.4. The molecular weight excluding hydrogens is 485 g/mol. The van der Waals surface area contributed by atoms with Gasteiger partial charge < -0.3 is 10.2 Å². The van der Waals surface area contributed by atoms with Gasteiger partial charge in [-0.2, -0.15) is 0 Å². The number of carbonyl (C=O) groups is 2. The van der Waals surface area contributed by atoms with E-state index in [1.807, 2.05) is 13.8 Å². The van der Waals surface area contributed by atoms with E-state index in [9.17, 15) is 18.0 Å². The quantitative estimate of drug-likeness (QED) is 0.518. The van der Waals surface area contributed by atoms with E-state index in [4.69, 9.17) is 23.2 Å². The number of benzene rings is 2. The Morgan fingerprint density at radius 3 is 2.18 bits per heavy atom. The zero-order chi connectivity index (χ0) is 24.8. The highest BCUT2D eigenvalue weighted by atomic mass is 35.5. The number of hydrogen-bond acceptors (Lipinski definition) is 4. The van der Waals surface area contributed by atoms with E-state index in [1.54, 1.807) is 43.3 Å². The second-order valence-corrected chi connectivity index (χ2v) is 10.6. The summed E-state index contributed by atoms with van der Waals surface area (Å²) in [6, 6.07) is 12.2. The molecule has 1 N–H and O–H groups in total. The van der Waals surface area contributed by atoms with Gasteiger partial charge in [0.25, 0.3) is 0 Å². The molecule has 0 saturated carbocycles. The maximum absolute atomic E-state index is 13.4. The van der Waals surface area contributed by atoms with Crippen LogP contribution in [0.25, 0.3) is 0 Å². The highest BCUT2D eigenvalue weighted by Crippen LogP contribution is 2.23. The van der Waals surface area contributed by atoms with Gasteiger partial charge in [0, 0.05) is 22.6 Å². The van der Waals surface area contributed by atoms with Gasteiger partial charge in [0.15, 0.2) is 0 Å². The Morgan fingerprint density at radius 1 is 1.03 bits per heavy atom. The van der Waals surface area contributed by atoms with E-state index in [-0.39, 0.29) is 18.5 Å². The van der Waals surface area contributed by atoms with Gasteiger partial charge in [-0.25, -0.2) is 8.42 Å². The zero-order valence-electron chi connectivity index (χ0n) is 19.1. The van der Waals surface area contributed by atoms with E-state index in [2.05, 4.69) is 5.32 Å². The van der Waals surface area contributed by atoms with Crippen LogP contribution < -0.4 is 9.62 Å². The molecule has 0 aliphatic heterocycles. The smallest absolute Gasteiger partial charge is 0.244 e. The fourth-order valence-electron chi connectivity index (χ4n) is 3.08. The van der Waals surface area contributed by atoms with Gasteiger partial charge >= 0.3 is 0 Å². The second-order valence-electron chi connectivity index (χ2n) is 7.85. The molecule has 2 unspecified atom stereocenters. The van der Waals surface area contributed by atoms with Gasteiger partial charge in [0.1, 0.15) is 12.6 Å². The van der Waals surface area contributed by atoms with Crippen LogP contribution in [0, 0.1) is 0 Å². The van der Waals surface area contributed by atoms with Gasteiger partial charge in [-0.1, -0.05) is 48.3 Å². The first-order valence-corrected chi connectivity index (χ1v) is 13.1. The summed E-state index contributed by atoms with van der Waals surface area (Å²) in [5, 5.41) is 3.76. The third-order valence-electron chi connectivity index (χ3n) is 5.26. The maximum Gasteiger partial charge on any atom is 0.244 e. The fourth-order valence-corrected chi connectivity index (χ4v) is 4.25. The number of hydrogen-bond donors (Lipinski definition) is 1. The molecule has 2 rings (SSSR count). The molecule has 0 radical (unpaired) electrons. The molecule has 2 atom stereocenters. The minimum atomic E-state index is -3.79. The van der Waals surface area contributed by atoms with Crippen LogP contribution in [0.3, 0.4) is 0 Å². The Hall–Kier alpha value is -2.29. The lowest BCUT2D eigenvalue weighted by Gasteiger charge is -2.32. The number of rotatable bonds is 10. The molecule has 0 fully saturated rings. The lowest BCUT2D eigenvalue weighted by Crippen LogP contribution is -2.52. The van der Waals surface area contributed by atoms with Crippen molar-refractivity contribution in [3.05, 3.63) is 64.1 Å². The van der Waals surface area contributed by atoms with Gasteiger partial charge in [0.2, 0.25) is 21.8 Å². The van der Waals surface area contributed by atoms with Crippen molar-refractivity contribution in [2.45, 2.75) is 45.8 Å². The lowest BCUT2D eigenvalue weighted by atomic mass is 10.1. The van der Waals surface area contributed by atoms with Crippen molar-refractivity contribution in [2.24, 2.45) is 0 Å². The van der Waals surface area contributed by atoms with Crippen molar-refractivity contribution in [1.82, 2.24) is 10.2 Å². The van der Waals surface area contributed by atoms with Crippen LogP contribution in [-0.4, -0.2) is 50.0 Å². The minimum absolute atomic E-state index is 0.0474. The Balaban J connectivity index is 2.39. The first kappa shape index (κ1) is 27.0. The van der Waals surface area contributed by atoms with Crippen molar-refractivity contribution in [2.75, 3.05) is 17.1 Å². The van der Waals surface area contributed by atoms with Gasteiger partial charge in [0.05, 0.1) is 11.9 Å². The molecule has 0 aromatic heterocycles. The van der Waals surface area contributed by atoms with E-state index >= 15 is 0 Å². The van der Waals surface area contributed by atoms with E-state index in [0.29, 0.717) is 21.3 Å². The summed E-state index contributed by atoms with van der Waals surface area (Å²) in [6.07, 6.45) is 1.75. The third-order valence-corrected chi connectivity index (χ3v) is 7.02. The molecule has 0 aliphatic rings. The van der Waals surface area contributed by atoms with Gasteiger partial charge in [-0.15, -0.1) is 0 Å².